The van der Waals surface area contributed by atoms with E-state index in [1.807, 2.05) is 6.08 Å². The Balaban J connectivity index is 4.50. The molecule has 0 unspecified atom stereocenters. The Labute approximate surface area is 463 Å². The summed E-state index contributed by atoms with van der Waals surface area (Å²) >= 11 is 0. The highest BCUT2D eigenvalue weighted by molar-refractivity contribution is 5.71. The number of hydrogen-bond acceptors (Lipinski definition) is 6. The lowest BCUT2D eigenvalue weighted by molar-refractivity contribution is -0.166. The van der Waals surface area contributed by atoms with Gasteiger partial charge in [0.25, 0.3) is 0 Å². The van der Waals surface area contributed by atoms with Gasteiger partial charge in [0.15, 0.2) is 6.10 Å². The molecule has 0 amide bonds. The van der Waals surface area contributed by atoms with E-state index in [-0.39, 0.29) is 37.5 Å². The quantitative estimate of drug-likeness (QED) is 0.0261. The van der Waals surface area contributed by atoms with E-state index in [1.54, 1.807) is 0 Å². The van der Waals surface area contributed by atoms with E-state index in [2.05, 4.69) is 124 Å². The molecule has 6 nitrogen and oxygen atoms in total. The number of allylic oxidation sites excluding steroid dienone is 18. The molecule has 6 heteroatoms. The number of carbonyl (C=O) groups is 3. The molecular formula is C69H116O6. The predicted molar refractivity (Wildman–Crippen MR) is 325 cm³/mol. The molecule has 75 heavy (non-hydrogen) atoms. The van der Waals surface area contributed by atoms with E-state index in [4.69, 9.17) is 14.2 Å². The van der Waals surface area contributed by atoms with Gasteiger partial charge in [0, 0.05) is 19.3 Å². The Morgan fingerprint density at radius 3 is 0.920 bits per heavy atom. The summed E-state index contributed by atoms with van der Waals surface area (Å²) in [5.41, 5.74) is 0. The minimum atomic E-state index is -0.820. The van der Waals surface area contributed by atoms with Crippen LogP contribution >= 0.6 is 0 Å². The molecule has 0 heterocycles. The van der Waals surface area contributed by atoms with E-state index in [0.717, 1.165) is 103 Å². The van der Waals surface area contributed by atoms with Gasteiger partial charge < -0.3 is 14.2 Å². The first kappa shape index (κ1) is 71.1. The Bertz CT molecular complexity index is 1520. The van der Waals surface area contributed by atoms with Crippen molar-refractivity contribution in [2.24, 2.45) is 0 Å². The van der Waals surface area contributed by atoms with Gasteiger partial charge >= 0.3 is 17.9 Å². The summed E-state index contributed by atoms with van der Waals surface area (Å²) in [5.74, 6) is -1.01. The van der Waals surface area contributed by atoms with Crippen LogP contribution in [-0.4, -0.2) is 37.2 Å². The van der Waals surface area contributed by atoms with Gasteiger partial charge in [0.2, 0.25) is 0 Å². The van der Waals surface area contributed by atoms with Crippen LogP contribution in [0.25, 0.3) is 0 Å². The van der Waals surface area contributed by atoms with Crippen LogP contribution in [0.4, 0.5) is 0 Å². The van der Waals surface area contributed by atoms with Crippen molar-refractivity contribution in [3.63, 3.8) is 0 Å². The van der Waals surface area contributed by atoms with Gasteiger partial charge in [0.05, 0.1) is 0 Å². The highest BCUT2D eigenvalue weighted by atomic mass is 16.6. The lowest BCUT2D eigenvalue weighted by atomic mass is 10.0. The summed E-state index contributed by atoms with van der Waals surface area (Å²) in [5, 5.41) is 0. The van der Waals surface area contributed by atoms with Gasteiger partial charge in [-0.1, -0.05) is 284 Å². The van der Waals surface area contributed by atoms with Crippen LogP contribution < -0.4 is 0 Å². The van der Waals surface area contributed by atoms with Crippen LogP contribution in [0.2, 0.25) is 0 Å². The molecule has 0 aromatic rings. The number of hydrogen-bond donors (Lipinski definition) is 0. The third-order valence-electron chi connectivity index (χ3n) is 13.3. The van der Waals surface area contributed by atoms with Crippen molar-refractivity contribution in [3.8, 4) is 0 Å². The van der Waals surface area contributed by atoms with Crippen LogP contribution in [0.15, 0.2) is 109 Å². The van der Waals surface area contributed by atoms with Crippen molar-refractivity contribution in [1.82, 2.24) is 0 Å². The Morgan fingerprint density at radius 1 is 0.280 bits per heavy atom. The molecule has 428 valence electrons. The molecule has 0 saturated carbocycles. The first-order valence-corrected chi connectivity index (χ1v) is 31.4. The molecule has 0 bridgehead atoms. The molecular weight excluding hydrogens is 925 g/mol. The summed E-state index contributed by atoms with van der Waals surface area (Å²) in [7, 11) is 0. The van der Waals surface area contributed by atoms with Gasteiger partial charge in [-0.3, -0.25) is 14.4 Å². The van der Waals surface area contributed by atoms with Gasteiger partial charge in [-0.15, -0.1) is 0 Å². The van der Waals surface area contributed by atoms with Crippen LogP contribution in [0, 0.1) is 0 Å². The molecule has 0 aliphatic carbocycles. The fourth-order valence-corrected chi connectivity index (χ4v) is 8.59. The van der Waals surface area contributed by atoms with Crippen molar-refractivity contribution in [2.45, 2.75) is 297 Å². The zero-order chi connectivity index (χ0) is 54.3. The van der Waals surface area contributed by atoms with Gasteiger partial charge in [0.1, 0.15) is 13.2 Å². The predicted octanol–water partition coefficient (Wildman–Crippen LogP) is 21.4. The van der Waals surface area contributed by atoms with Gasteiger partial charge in [-0.05, 0) is 96.3 Å². The Hall–Kier alpha value is -3.93. The normalized spacial score (nSPS) is 12.8. The van der Waals surface area contributed by atoms with Crippen molar-refractivity contribution in [3.05, 3.63) is 109 Å². The first-order chi connectivity index (χ1) is 37.0. The largest absolute Gasteiger partial charge is 0.462 e. The van der Waals surface area contributed by atoms with Crippen LogP contribution in [0.3, 0.4) is 0 Å². The second-order valence-corrected chi connectivity index (χ2v) is 20.6. The molecule has 0 N–H and O–H groups in total. The summed E-state index contributed by atoms with van der Waals surface area (Å²) < 4.78 is 16.8. The Kier molecular flexibility index (Phi) is 59.3. The molecule has 0 spiro atoms. The zero-order valence-electron chi connectivity index (χ0n) is 49.0. The van der Waals surface area contributed by atoms with Crippen LogP contribution in [0.5, 0.6) is 0 Å². The molecule has 0 aliphatic rings. The summed E-state index contributed by atoms with van der Waals surface area (Å²) in [4.78, 5) is 38.3. The average molecular weight is 1040 g/mol. The summed E-state index contributed by atoms with van der Waals surface area (Å²) in [6, 6.07) is 0. The monoisotopic (exact) mass is 1040 g/mol. The highest BCUT2D eigenvalue weighted by Gasteiger charge is 2.19. The maximum atomic E-state index is 12.9. The average Bonchev–Trinajstić information content (AvgIpc) is 3.41. The molecule has 0 saturated heterocycles. The van der Waals surface area contributed by atoms with E-state index in [1.165, 1.54) is 141 Å². The summed E-state index contributed by atoms with van der Waals surface area (Å²) in [6.07, 6.45) is 85.3. The fraction of sp³-hybridized carbons (Fsp3) is 0.696. The van der Waals surface area contributed by atoms with Crippen LogP contribution in [0.1, 0.15) is 290 Å². The topological polar surface area (TPSA) is 78.9 Å². The van der Waals surface area contributed by atoms with Gasteiger partial charge in [-0.2, -0.15) is 0 Å². The number of carbonyl (C=O) groups excluding carboxylic acids is 3. The third-order valence-corrected chi connectivity index (χ3v) is 13.3. The molecule has 0 aromatic carbocycles. The maximum absolute atomic E-state index is 12.9. The standard InChI is InChI=1S/C69H116O6/c1-4-7-10-13-16-19-22-25-28-31-33-34-36-39-42-45-48-51-54-57-60-63-69(72)75-66(64-73-67(70)61-58-55-52-49-46-43-40-37-30-27-24-21-18-15-12-9-6-3)65-74-68(71)62-59-56-53-50-47-44-41-38-35-32-29-26-23-20-17-14-11-8-5-2/h9,12,17-18,20-21,26-27,29-30,35,38,40,43-44,47,53,56,66H,4-8,10-11,13-16,19,22-25,28,31-34,36-37,39,41-42,45-46,48-52,54-55,57-65H2,1-3H3/b12-9-,20-17-,21-18-,29-26-,30-27-,38-35-,43-40-,47-44-,56-53-/t66-/m1/s1. The second-order valence-electron chi connectivity index (χ2n) is 20.6. The number of rotatable bonds is 56. The van der Waals surface area contributed by atoms with Crippen molar-refractivity contribution in [1.29, 1.82) is 0 Å². The Morgan fingerprint density at radius 2 is 0.547 bits per heavy atom. The summed E-state index contributed by atoms with van der Waals surface area (Å²) in [6.45, 7) is 6.44. The third kappa shape index (κ3) is 60.8. The van der Waals surface area contributed by atoms with Gasteiger partial charge in [-0.25, -0.2) is 0 Å². The number of ether oxygens (including phenoxy) is 3. The zero-order valence-corrected chi connectivity index (χ0v) is 49.0. The SMILES string of the molecule is CC/C=C\C/C=C\C/C=C\C/C=C\CCCCCCC(=O)OC[C@H](COC(=O)CC/C=C\C/C=C\C/C=C\C/C=C\C/C=C\CCCCC)OC(=O)CCCCCCCCCCCCCCCCCCCCCCC. The molecule has 0 rings (SSSR count). The molecule has 0 fully saturated rings. The molecule has 0 radical (unpaired) electrons. The fourth-order valence-electron chi connectivity index (χ4n) is 8.59. The van der Waals surface area contributed by atoms with Crippen LogP contribution in [-0.2, 0) is 28.6 Å². The van der Waals surface area contributed by atoms with E-state index < -0.39 is 6.10 Å². The first-order valence-electron chi connectivity index (χ1n) is 31.4. The van der Waals surface area contributed by atoms with Crippen molar-refractivity contribution < 1.29 is 28.6 Å². The number of unbranched alkanes of at least 4 members (excludes halogenated alkanes) is 27. The number of esters is 3. The lowest BCUT2D eigenvalue weighted by Crippen LogP contribution is -2.30. The second kappa shape index (κ2) is 62.6. The minimum Gasteiger partial charge on any atom is -0.462 e. The van der Waals surface area contributed by atoms with Crippen molar-refractivity contribution in [2.75, 3.05) is 13.2 Å². The van der Waals surface area contributed by atoms with Crippen molar-refractivity contribution >= 4 is 17.9 Å². The van der Waals surface area contributed by atoms with E-state index in [9.17, 15) is 14.4 Å². The van der Waals surface area contributed by atoms with E-state index >= 15 is 0 Å². The lowest BCUT2D eigenvalue weighted by Gasteiger charge is -2.18. The molecule has 0 aliphatic heterocycles. The minimum absolute atomic E-state index is 0.113. The molecule has 1 atom stereocenters. The molecule has 0 aromatic heterocycles. The maximum Gasteiger partial charge on any atom is 0.306 e. The highest BCUT2D eigenvalue weighted by Crippen LogP contribution is 2.16. The van der Waals surface area contributed by atoms with E-state index in [0.29, 0.717) is 19.3 Å². The smallest absolute Gasteiger partial charge is 0.306 e.